The molecule has 22 heavy (non-hydrogen) atoms. The molecule has 0 heterocycles. The zero-order chi connectivity index (χ0) is 17.6. The molecule has 0 aliphatic rings. The molecule has 0 aliphatic carbocycles. The van der Waals surface area contributed by atoms with E-state index in [-0.39, 0.29) is 0 Å². The third-order valence-electron chi connectivity index (χ3n) is 4.17. The van der Waals surface area contributed by atoms with E-state index in [1.807, 2.05) is 0 Å². The highest BCUT2D eigenvalue weighted by Gasteiger charge is 2.62. The van der Waals surface area contributed by atoms with Gasteiger partial charge in [0.25, 0.3) is 0 Å². The second-order valence-electron chi connectivity index (χ2n) is 5.03. The van der Waals surface area contributed by atoms with Gasteiger partial charge in [-0.2, -0.15) is 0 Å². The Balaban J connectivity index is 6.83. The van der Waals surface area contributed by atoms with Crippen LogP contribution in [0.15, 0.2) is 38.0 Å². The highest BCUT2D eigenvalue weighted by Crippen LogP contribution is 2.48. The van der Waals surface area contributed by atoms with Gasteiger partial charge in [-0.3, -0.25) is 14.4 Å². The van der Waals surface area contributed by atoms with Crippen molar-refractivity contribution in [3.05, 3.63) is 38.0 Å². The minimum Gasteiger partial charge on any atom is -0.396 e. The Labute approximate surface area is 129 Å². The predicted octanol–water partition coefficient (Wildman–Crippen LogP) is -0.163. The van der Waals surface area contributed by atoms with Gasteiger partial charge in [0.1, 0.15) is 5.41 Å². The van der Waals surface area contributed by atoms with Crippen LogP contribution in [0.1, 0.15) is 6.92 Å². The summed E-state index contributed by atoms with van der Waals surface area (Å²) in [6.07, 6.45) is 2.58. The minimum absolute atomic E-state index is 0.648. The minimum atomic E-state index is -2.22. The summed E-state index contributed by atoms with van der Waals surface area (Å²) in [6, 6.07) is 0. The summed E-state index contributed by atoms with van der Waals surface area (Å²) in [5.41, 5.74) is -4.18. The van der Waals surface area contributed by atoms with Crippen LogP contribution >= 0.6 is 0 Å². The molecule has 0 bridgehead atoms. The molecule has 0 fully saturated rings. The van der Waals surface area contributed by atoms with Crippen molar-refractivity contribution < 1.29 is 29.7 Å². The molecule has 6 nitrogen and oxygen atoms in total. The van der Waals surface area contributed by atoms with Crippen LogP contribution in [0.5, 0.6) is 0 Å². The Morgan fingerprint density at radius 2 is 1.27 bits per heavy atom. The number of hydrogen-bond acceptors (Lipinski definition) is 6. The monoisotopic (exact) mass is 310 g/mol. The molecule has 0 aromatic heterocycles. The Morgan fingerprint density at radius 3 is 1.50 bits per heavy atom. The maximum absolute atomic E-state index is 12.5. The van der Waals surface area contributed by atoms with Crippen molar-refractivity contribution >= 4 is 17.3 Å². The Morgan fingerprint density at radius 1 is 0.909 bits per heavy atom. The van der Waals surface area contributed by atoms with Gasteiger partial charge in [0, 0.05) is 5.92 Å². The summed E-state index contributed by atoms with van der Waals surface area (Å²) in [6.45, 7) is 8.54. The van der Waals surface area contributed by atoms with Gasteiger partial charge < -0.3 is 15.3 Å². The topological polar surface area (TPSA) is 112 Å². The van der Waals surface area contributed by atoms with Crippen LogP contribution in [-0.4, -0.2) is 52.5 Å². The molecule has 3 N–H and O–H groups in total. The largest absolute Gasteiger partial charge is 0.396 e. The zero-order valence-electron chi connectivity index (χ0n) is 12.6. The van der Waals surface area contributed by atoms with Crippen molar-refractivity contribution in [1.82, 2.24) is 0 Å². The molecule has 0 aliphatic heterocycles. The SMILES string of the molecule is C=CC(=O)C(C)C(C(=O)C=C)(C(=O)C=C)C(CO)(CO)CO. The Kier molecular flexibility index (Phi) is 7.25. The lowest BCUT2D eigenvalue weighted by molar-refractivity contribution is -0.168. The maximum Gasteiger partial charge on any atom is 0.170 e. The molecular weight excluding hydrogens is 288 g/mol. The van der Waals surface area contributed by atoms with E-state index in [4.69, 9.17) is 0 Å². The number of rotatable bonds is 11. The number of allylic oxidation sites excluding steroid dienone is 3. The fourth-order valence-electron chi connectivity index (χ4n) is 2.77. The summed E-state index contributed by atoms with van der Waals surface area (Å²) in [5, 5.41) is 29.0. The van der Waals surface area contributed by atoms with Crippen LogP contribution in [0, 0.1) is 16.7 Å². The molecule has 0 radical (unpaired) electrons. The molecule has 1 unspecified atom stereocenters. The van der Waals surface area contributed by atoms with Crippen molar-refractivity contribution in [2.75, 3.05) is 19.8 Å². The molecule has 0 spiro atoms. The van der Waals surface area contributed by atoms with Gasteiger partial charge in [0.15, 0.2) is 17.3 Å². The zero-order valence-corrected chi connectivity index (χ0v) is 12.6. The van der Waals surface area contributed by atoms with E-state index in [0.29, 0.717) is 0 Å². The van der Waals surface area contributed by atoms with Crippen LogP contribution in [0.2, 0.25) is 0 Å². The molecule has 122 valence electrons. The lowest BCUT2D eigenvalue weighted by Crippen LogP contribution is -2.62. The number of aliphatic hydroxyl groups is 3. The molecule has 6 heteroatoms. The van der Waals surface area contributed by atoms with Crippen molar-refractivity contribution in [3.8, 4) is 0 Å². The average Bonchev–Trinajstić information content (AvgIpc) is 2.57. The van der Waals surface area contributed by atoms with Crippen LogP contribution in [0.3, 0.4) is 0 Å². The number of aliphatic hydroxyl groups excluding tert-OH is 3. The molecule has 0 saturated carbocycles. The van der Waals surface area contributed by atoms with Gasteiger partial charge in [-0.25, -0.2) is 0 Å². The first-order valence-electron chi connectivity index (χ1n) is 6.62. The predicted molar refractivity (Wildman–Crippen MR) is 80.9 cm³/mol. The van der Waals surface area contributed by atoms with Crippen LogP contribution in [0.25, 0.3) is 0 Å². The standard InChI is InChI=1S/C16H22O6/c1-5-12(20)11(4)16(13(21)6-2,14(22)7-3)15(8-17,9-18)10-19/h5-7,11,17-19H,1-3,8-10H2,4H3. The lowest BCUT2D eigenvalue weighted by Gasteiger charge is -2.47. The van der Waals surface area contributed by atoms with E-state index in [9.17, 15) is 29.7 Å². The number of carbonyl (C=O) groups is 3. The quantitative estimate of drug-likeness (QED) is 0.361. The van der Waals surface area contributed by atoms with Gasteiger partial charge in [-0.05, 0) is 18.2 Å². The van der Waals surface area contributed by atoms with E-state index < -0.39 is 53.9 Å². The summed E-state index contributed by atoms with van der Waals surface area (Å²) in [5.74, 6) is -3.72. The third kappa shape index (κ3) is 2.72. The fraction of sp³-hybridized carbons (Fsp3) is 0.438. The van der Waals surface area contributed by atoms with Gasteiger partial charge >= 0.3 is 0 Å². The van der Waals surface area contributed by atoms with Crippen LogP contribution in [-0.2, 0) is 14.4 Å². The lowest BCUT2D eigenvalue weighted by atomic mass is 9.53. The van der Waals surface area contributed by atoms with Crippen molar-refractivity contribution in [1.29, 1.82) is 0 Å². The first kappa shape index (κ1) is 20.1. The van der Waals surface area contributed by atoms with Crippen molar-refractivity contribution in [2.24, 2.45) is 16.7 Å². The fourth-order valence-corrected chi connectivity index (χ4v) is 2.77. The highest BCUT2D eigenvalue weighted by atomic mass is 16.3. The third-order valence-corrected chi connectivity index (χ3v) is 4.17. The van der Waals surface area contributed by atoms with Gasteiger partial charge in [-0.1, -0.05) is 26.7 Å². The Hall–Kier alpha value is -1.89. The first-order chi connectivity index (χ1) is 10.3. The normalized spacial score (nSPS) is 13.1. The highest BCUT2D eigenvalue weighted by molar-refractivity contribution is 6.19. The molecule has 0 amide bonds. The van der Waals surface area contributed by atoms with Gasteiger partial charge in [0.2, 0.25) is 0 Å². The van der Waals surface area contributed by atoms with Crippen LogP contribution < -0.4 is 0 Å². The molecule has 0 saturated heterocycles. The maximum atomic E-state index is 12.5. The molecule has 0 rings (SSSR count). The van der Waals surface area contributed by atoms with Gasteiger partial charge in [0.05, 0.1) is 25.2 Å². The van der Waals surface area contributed by atoms with E-state index in [0.717, 1.165) is 18.2 Å². The molecule has 1 atom stereocenters. The van der Waals surface area contributed by atoms with Crippen LogP contribution in [0.4, 0.5) is 0 Å². The summed E-state index contributed by atoms with van der Waals surface area (Å²) < 4.78 is 0. The van der Waals surface area contributed by atoms with Crippen molar-refractivity contribution in [2.45, 2.75) is 6.92 Å². The summed E-state index contributed by atoms with van der Waals surface area (Å²) >= 11 is 0. The van der Waals surface area contributed by atoms with E-state index in [1.54, 1.807) is 0 Å². The second kappa shape index (κ2) is 7.93. The average molecular weight is 310 g/mol. The first-order valence-corrected chi connectivity index (χ1v) is 6.62. The summed E-state index contributed by atoms with van der Waals surface area (Å²) in [4.78, 5) is 37.1. The van der Waals surface area contributed by atoms with Crippen molar-refractivity contribution in [3.63, 3.8) is 0 Å². The van der Waals surface area contributed by atoms with E-state index in [1.165, 1.54) is 6.92 Å². The summed E-state index contributed by atoms with van der Waals surface area (Å²) in [7, 11) is 0. The van der Waals surface area contributed by atoms with E-state index >= 15 is 0 Å². The number of ketones is 3. The molecule has 0 aromatic rings. The smallest absolute Gasteiger partial charge is 0.170 e. The van der Waals surface area contributed by atoms with Gasteiger partial charge in [-0.15, -0.1) is 0 Å². The molecule has 0 aromatic carbocycles. The number of carbonyl (C=O) groups excluding carboxylic acids is 3. The Bertz CT molecular complexity index is 459. The number of hydrogen-bond donors (Lipinski definition) is 3. The molecular formula is C16H22O6. The van der Waals surface area contributed by atoms with E-state index in [2.05, 4.69) is 19.7 Å². The second-order valence-corrected chi connectivity index (χ2v) is 5.03.